The molecule has 26 heavy (non-hydrogen) atoms. The fraction of sp³-hybridized carbons (Fsp3) is 0.562. The van der Waals surface area contributed by atoms with Gasteiger partial charge >= 0.3 is 13.7 Å². The van der Waals surface area contributed by atoms with Gasteiger partial charge in [-0.3, -0.25) is 4.79 Å². The van der Waals surface area contributed by atoms with Crippen LogP contribution in [-0.2, 0) is 4.65 Å². The molecule has 0 bridgehead atoms. The van der Waals surface area contributed by atoms with E-state index in [-0.39, 0.29) is 11.2 Å². The van der Waals surface area contributed by atoms with Crippen molar-refractivity contribution < 1.29 is 36.9 Å². The summed E-state index contributed by atoms with van der Waals surface area (Å²) in [6.45, 7) is 4.73. The van der Waals surface area contributed by atoms with Crippen LogP contribution in [0.4, 0.5) is 17.6 Å². The molecule has 2 N–H and O–H groups in total. The minimum atomic E-state index is -4.62. The average Bonchev–Trinajstić information content (AvgIpc) is 2.48. The van der Waals surface area contributed by atoms with E-state index < -0.39 is 41.2 Å². The number of halogens is 4. The van der Waals surface area contributed by atoms with Crippen molar-refractivity contribution in [1.29, 1.82) is 0 Å². The molecule has 0 aliphatic heterocycles. The van der Waals surface area contributed by atoms with E-state index in [9.17, 15) is 27.5 Å². The molecule has 145 valence electrons. The quantitative estimate of drug-likeness (QED) is 0.562. The van der Waals surface area contributed by atoms with Crippen molar-refractivity contribution in [3.05, 3.63) is 23.5 Å². The first-order valence-corrected chi connectivity index (χ1v) is 7.64. The molecule has 0 saturated carbocycles. The summed E-state index contributed by atoms with van der Waals surface area (Å²) in [5.41, 5.74) is -2.69. The molecule has 0 spiro atoms. The molecule has 1 radical (unpaired) electrons. The highest BCUT2D eigenvalue weighted by molar-refractivity contribution is 6.47. The van der Waals surface area contributed by atoms with E-state index in [2.05, 4.69) is 0 Å². The summed E-state index contributed by atoms with van der Waals surface area (Å²) in [7, 11) is 2.32. The Hall–Kier alpha value is -1.81. The minimum absolute atomic E-state index is 0.170. The van der Waals surface area contributed by atoms with Crippen LogP contribution in [0.25, 0.3) is 0 Å². The molecule has 5 nitrogen and oxygen atoms in total. The lowest BCUT2D eigenvalue weighted by Gasteiger charge is -2.37. The highest BCUT2D eigenvalue weighted by Gasteiger charge is 2.36. The predicted octanol–water partition coefficient (Wildman–Crippen LogP) is 1.94. The summed E-state index contributed by atoms with van der Waals surface area (Å²) in [6, 6.07) is 2.16. The van der Waals surface area contributed by atoms with Gasteiger partial charge in [0, 0.05) is 0 Å². The third-order valence-electron chi connectivity index (χ3n) is 3.94. The Morgan fingerprint density at radius 2 is 1.81 bits per heavy atom. The molecule has 1 amide bonds. The van der Waals surface area contributed by atoms with Crippen LogP contribution in [0.5, 0.6) is 5.75 Å². The first-order chi connectivity index (χ1) is 11.7. The van der Waals surface area contributed by atoms with E-state index in [0.717, 1.165) is 13.2 Å². The van der Waals surface area contributed by atoms with Crippen molar-refractivity contribution in [2.75, 3.05) is 13.7 Å². The van der Waals surface area contributed by atoms with E-state index in [0.29, 0.717) is 0 Å². The van der Waals surface area contributed by atoms with Crippen LogP contribution in [0.1, 0.15) is 38.1 Å². The number of hydrogen-bond acceptors (Lipinski definition) is 4. The van der Waals surface area contributed by atoms with Crippen LogP contribution < -0.4 is 15.5 Å². The summed E-state index contributed by atoms with van der Waals surface area (Å²) < 4.78 is 61.3. The number of nitrogens with one attached hydrogen (secondary N) is 1. The van der Waals surface area contributed by atoms with Crippen LogP contribution in [0, 0.1) is 5.82 Å². The largest absolute Gasteiger partial charge is 0.496 e. The van der Waals surface area contributed by atoms with Crippen LogP contribution in [0.15, 0.2) is 12.1 Å². The van der Waals surface area contributed by atoms with Crippen LogP contribution >= 0.6 is 0 Å². The number of carbonyl (C=O) groups excluding carboxylic acids is 1. The molecule has 0 heterocycles. The molecule has 1 aromatic carbocycles. The number of amides is 1. The zero-order valence-corrected chi connectivity index (χ0v) is 15.1. The molecule has 0 aromatic heterocycles. The van der Waals surface area contributed by atoms with Crippen molar-refractivity contribution in [2.45, 2.75) is 45.1 Å². The third-order valence-corrected chi connectivity index (χ3v) is 3.94. The van der Waals surface area contributed by atoms with Gasteiger partial charge in [-0.05, 0) is 45.3 Å². The van der Waals surface area contributed by atoms with E-state index in [1.165, 1.54) is 27.4 Å². The molecular weight excluding hydrogens is 357 g/mol. The fourth-order valence-corrected chi connectivity index (χ4v) is 1.68. The first kappa shape index (κ1) is 22.2. The molecule has 0 fully saturated rings. The summed E-state index contributed by atoms with van der Waals surface area (Å²) in [5, 5.41) is 11.6. The Morgan fingerprint density at radius 3 is 2.27 bits per heavy atom. The molecule has 0 saturated heterocycles. The van der Waals surface area contributed by atoms with E-state index in [1.54, 1.807) is 19.2 Å². The van der Waals surface area contributed by atoms with Gasteiger partial charge in [0.05, 0.1) is 18.3 Å². The van der Waals surface area contributed by atoms with E-state index in [1.807, 2.05) is 0 Å². The second kappa shape index (κ2) is 7.83. The van der Waals surface area contributed by atoms with Gasteiger partial charge in [0.25, 0.3) is 5.91 Å². The van der Waals surface area contributed by atoms with Crippen molar-refractivity contribution in [3.63, 3.8) is 0 Å². The SMILES string of the molecule is COc1cc([B]OC(C)(C)C(C)(C)O)cc(F)c1C(=O)NCC(F)(F)F. The number of carbonyl (C=O) groups is 1. The lowest BCUT2D eigenvalue weighted by Crippen LogP contribution is -2.49. The fourth-order valence-electron chi connectivity index (χ4n) is 1.68. The molecule has 0 aliphatic carbocycles. The summed E-state index contributed by atoms with van der Waals surface area (Å²) in [4.78, 5) is 11.8. The lowest BCUT2D eigenvalue weighted by atomic mass is 9.82. The maximum atomic E-state index is 14.3. The Balaban J connectivity index is 3.01. The summed E-state index contributed by atoms with van der Waals surface area (Å²) in [6.07, 6.45) is -4.62. The maximum absolute atomic E-state index is 14.3. The highest BCUT2D eigenvalue weighted by atomic mass is 19.4. The average molecular weight is 378 g/mol. The van der Waals surface area contributed by atoms with Gasteiger partial charge in [-0.2, -0.15) is 13.2 Å². The zero-order chi connectivity index (χ0) is 20.3. The Labute approximate surface area is 149 Å². The number of rotatable bonds is 7. The molecule has 0 unspecified atom stereocenters. The standard InChI is InChI=1S/C16H21BF4NO4/c1-14(2,24)15(3,4)26-17-9-6-10(18)12(11(7-9)25-5)13(23)22-8-16(19,20)21/h6-7,24H,8H2,1-5H3,(H,22,23). The number of alkyl halides is 3. The summed E-state index contributed by atoms with van der Waals surface area (Å²) >= 11 is 0. The van der Waals surface area contributed by atoms with Gasteiger partial charge in [-0.15, -0.1) is 0 Å². The number of ether oxygens (including phenoxy) is 1. The predicted molar refractivity (Wildman–Crippen MR) is 88.2 cm³/mol. The smallest absolute Gasteiger partial charge is 0.405 e. The van der Waals surface area contributed by atoms with Crippen molar-refractivity contribution in [2.24, 2.45) is 0 Å². The Bertz CT molecular complexity index is 657. The van der Waals surface area contributed by atoms with Gasteiger partial charge < -0.3 is 19.8 Å². The van der Waals surface area contributed by atoms with Gasteiger partial charge in [0.15, 0.2) is 0 Å². The van der Waals surface area contributed by atoms with Gasteiger partial charge in [-0.25, -0.2) is 4.39 Å². The highest BCUT2D eigenvalue weighted by Crippen LogP contribution is 2.25. The Kier molecular flexibility index (Phi) is 6.70. The van der Waals surface area contributed by atoms with Crippen molar-refractivity contribution in [1.82, 2.24) is 5.32 Å². The number of methoxy groups -OCH3 is 1. The molecule has 0 aliphatic rings. The molecular formula is C16H21BF4NO4. The molecule has 10 heteroatoms. The van der Waals surface area contributed by atoms with E-state index in [4.69, 9.17) is 9.39 Å². The molecule has 1 rings (SSSR count). The van der Waals surface area contributed by atoms with Gasteiger partial charge in [-0.1, -0.05) is 0 Å². The molecule has 0 atom stereocenters. The van der Waals surface area contributed by atoms with Crippen molar-refractivity contribution in [3.8, 4) is 5.75 Å². The summed E-state index contributed by atoms with van der Waals surface area (Å²) in [5.74, 6) is -2.57. The normalized spacial score (nSPS) is 12.7. The second-order valence-electron chi connectivity index (χ2n) is 6.68. The van der Waals surface area contributed by atoms with Crippen LogP contribution in [0.3, 0.4) is 0 Å². The topological polar surface area (TPSA) is 67.8 Å². The minimum Gasteiger partial charge on any atom is -0.496 e. The van der Waals surface area contributed by atoms with E-state index >= 15 is 0 Å². The second-order valence-corrected chi connectivity index (χ2v) is 6.68. The lowest BCUT2D eigenvalue weighted by molar-refractivity contribution is -0.123. The monoisotopic (exact) mass is 378 g/mol. The maximum Gasteiger partial charge on any atom is 0.405 e. The van der Waals surface area contributed by atoms with Gasteiger partial charge in [0.2, 0.25) is 0 Å². The number of aliphatic hydroxyl groups is 1. The third kappa shape index (κ3) is 5.88. The first-order valence-electron chi connectivity index (χ1n) is 7.64. The number of hydrogen-bond donors (Lipinski definition) is 2. The van der Waals surface area contributed by atoms with Gasteiger partial charge in [0.1, 0.15) is 23.7 Å². The van der Waals surface area contributed by atoms with Crippen LogP contribution in [-0.4, -0.2) is 49.5 Å². The van der Waals surface area contributed by atoms with Crippen molar-refractivity contribution >= 4 is 18.9 Å². The Morgan fingerprint density at radius 1 is 1.23 bits per heavy atom. The number of benzene rings is 1. The molecule has 1 aromatic rings. The zero-order valence-electron chi connectivity index (χ0n) is 15.1. The van der Waals surface area contributed by atoms with Crippen LogP contribution in [0.2, 0.25) is 0 Å².